The summed E-state index contributed by atoms with van der Waals surface area (Å²) >= 11 is 0. The Balaban J connectivity index is 0. The fourth-order valence-corrected chi connectivity index (χ4v) is 1.09. The minimum absolute atomic E-state index is 0. The van der Waals surface area contributed by atoms with E-state index in [1.165, 1.54) is 6.92 Å². The number of carbonyl (C=O) groups excluding carboxylic acids is 1. The van der Waals surface area contributed by atoms with Crippen LogP contribution < -0.4 is 0 Å². The predicted octanol–water partition coefficient (Wildman–Crippen LogP) is 1.22. The van der Waals surface area contributed by atoms with Crippen LogP contribution in [-0.4, -0.2) is 44.2 Å². The molecule has 0 radical (unpaired) electrons. The summed E-state index contributed by atoms with van der Waals surface area (Å²) in [5.41, 5.74) is 0. The standard InChI is InChI=1S/C8H18NO2.BrH/c1-7(11-8(2)10)6-9(3,4)5;/h7H,6H2,1-5H3;1H/q+1;. The molecule has 0 aliphatic carbocycles. The van der Waals surface area contributed by atoms with Crippen molar-refractivity contribution >= 4 is 23.0 Å². The summed E-state index contributed by atoms with van der Waals surface area (Å²) < 4.78 is 5.79. The third kappa shape index (κ3) is 9.91. The minimum atomic E-state index is -0.203. The number of hydrogen-bond acceptors (Lipinski definition) is 2. The van der Waals surface area contributed by atoms with Crippen LogP contribution in [0.3, 0.4) is 0 Å². The van der Waals surface area contributed by atoms with Crippen LogP contribution in [-0.2, 0) is 9.53 Å². The number of hydrogen-bond donors (Lipinski definition) is 0. The summed E-state index contributed by atoms with van der Waals surface area (Å²) in [5.74, 6) is -0.203. The average Bonchev–Trinajstić information content (AvgIpc) is 1.53. The molecule has 0 rings (SSSR count). The van der Waals surface area contributed by atoms with E-state index in [9.17, 15) is 4.79 Å². The Hall–Kier alpha value is -0.0900. The number of carbonyl (C=O) groups is 1. The second kappa shape index (κ2) is 5.54. The van der Waals surface area contributed by atoms with Crippen molar-refractivity contribution in [1.82, 2.24) is 0 Å². The van der Waals surface area contributed by atoms with Crippen LogP contribution in [0.25, 0.3) is 0 Å². The molecule has 1 unspecified atom stereocenters. The second-order valence-electron chi connectivity index (χ2n) is 3.89. The van der Waals surface area contributed by atoms with Crippen molar-refractivity contribution in [3.05, 3.63) is 0 Å². The van der Waals surface area contributed by atoms with E-state index in [0.717, 1.165) is 11.0 Å². The third-order valence-electron chi connectivity index (χ3n) is 1.17. The fraction of sp³-hybridized carbons (Fsp3) is 0.875. The summed E-state index contributed by atoms with van der Waals surface area (Å²) in [6.45, 7) is 4.19. The zero-order valence-corrected chi connectivity index (χ0v) is 10.2. The number of rotatable bonds is 3. The monoisotopic (exact) mass is 240 g/mol. The van der Waals surface area contributed by atoms with Crippen molar-refractivity contribution in [2.24, 2.45) is 0 Å². The number of nitrogens with zero attached hydrogens (tertiary/aromatic N) is 1. The lowest BCUT2D eigenvalue weighted by molar-refractivity contribution is -0.873. The minimum Gasteiger partial charge on any atom is -0.457 e. The van der Waals surface area contributed by atoms with E-state index < -0.39 is 0 Å². The molecule has 0 aromatic heterocycles. The molecular formula is C8H19BrNO2+. The molecule has 0 aliphatic heterocycles. The summed E-state index contributed by atoms with van der Waals surface area (Å²) in [5, 5.41) is 0. The maximum Gasteiger partial charge on any atom is 0.303 e. The van der Waals surface area contributed by atoms with Crippen molar-refractivity contribution < 1.29 is 14.0 Å². The molecule has 0 bridgehead atoms. The Morgan fingerprint density at radius 1 is 1.42 bits per heavy atom. The van der Waals surface area contributed by atoms with Gasteiger partial charge in [0.1, 0.15) is 12.6 Å². The summed E-state index contributed by atoms with van der Waals surface area (Å²) in [4.78, 5) is 10.5. The lowest BCUT2D eigenvalue weighted by Crippen LogP contribution is -2.41. The van der Waals surface area contributed by atoms with Gasteiger partial charge in [-0.25, -0.2) is 0 Å². The summed E-state index contributed by atoms with van der Waals surface area (Å²) in [7, 11) is 6.21. The number of ether oxygens (including phenoxy) is 1. The van der Waals surface area contributed by atoms with E-state index in [2.05, 4.69) is 21.1 Å². The second-order valence-corrected chi connectivity index (χ2v) is 3.89. The highest BCUT2D eigenvalue weighted by Crippen LogP contribution is 1.98. The summed E-state index contributed by atoms with van der Waals surface area (Å²) in [6, 6.07) is 0. The van der Waals surface area contributed by atoms with E-state index in [4.69, 9.17) is 4.74 Å². The van der Waals surface area contributed by atoms with Crippen molar-refractivity contribution in [3.8, 4) is 0 Å². The molecule has 12 heavy (non-hydrogen) atoms. The number of likely N-dealkylation sites (N-methyl/N-ethyl adjacent to an activating group) is 1. The molecule has 0 saturated heterocycles. The number of quaternary nitrogens is 1. The van der Waals surface area contributed by atoms with Crippen LogP contribution in [0.4, 0.5) is 0 Å². The van der Waals surface area contributed by atoms with E-state index in [1.807, 2.05) is 6.92 Å². The van der Waals surface area contributed by atoms with Gasteiger partial charge in [-0.15, -0.1) is 17.0 Å². The fourth-order valence-electron chi connectivity index (χ4n) is 1.09. The van der Waals surface area contributed by atoms with Crippen LogP contribution >= 0.6 is 17.0 Å². The highest BCUT2D eigenvalue weighted by Gasteiger charge is 2.15. The lowest BCUT2D eigenvalue weighted by Gasteiger charge is -2.26. The molecule has 0 aromatic rings. The lowest BCUT2D eigenvalue weighted by atomic mass is 10.3. The quantitative estimate of drug-likeness (QED) is 0.548. The largest absolute Gasteiger partial charge is 0.457 e. The molecule has 0 fully saturated rings. The zero-order valence-electron chi connectivity index (χ0n) is 8.46. The Labute approximate surface area is 85.1 Å². The van der Waals surface area contributed by atoms with Gasteiger partial charge in [-0.05, 0) is 6.92 Å². The molecule has 3 nitrogen and oxygen atoms in total. The van der Waals surface area contributed by atoms with Gasteiger partial charge in [-0.3, -0.25) is 4.79 Å². The van der Waals surface area contributed by atoms with Gasteiger partial charge < -0.3 is 9.22 Å². The zero-order chi connectivity index (χ0) is 9.07. The van der Waals surface area contributed by atoms with Gasteiger partial charge in [0, 0.05) is 6.92 Å². The molecule has 4 heteroatoms. The number of halogens is 1. The SMILES string of the molecule is Br.CC(=O)OC(C)C[N+](C)(C)C. The van der Waals surface area contributed by atoms with E-state index in [0.29, 0.717) is 0 Å². The van der Waals surface area contributed by atoms with Crippen molar-refractivity contribution in [3.63, 3.8) is 0 Å². The molecule has 74 valence electrons. The topological polar surface area (TPSA) is 26.3 Å². The van der Waals surface area contributed by atoms with Crippen LogP contribution in [0.15, 0.2) is 0 Å². The van der Waals surface area contributed by atoms with E-state index in [1.54, 1.807) is 0 Å². The molecule has 0 aromatic carbocycles. The van der Waals surface area contributed by atoms with Gasteiger partial charge in [0.25, 0.3) is 0 Å². The Kier molecular flexibility index (Phi) is 6.66. The van der Waals surface area contributed by atoms with Gasteiger partial charge in [0.2, 0.25) is 0 Å². The predicted molar refractivity (Wildman–Crippen MR) is 54.4 cm³/mol. The first kappa shape index (κ1) is 14.4. The maximum atomic E-state index is 10.5. The van der Waals surface area contributed by atoms with E-state index in [-0.39, 0.29) is 29.1 Å². The van der Waals surface area contributed by atoms with Gasteiger partial charge in [-0.2, -0.15) is 0 Å². The Bertz CT molecular complexity index is 142. The highest BCUT2D eigenvalue weighted by molar-refractivity contribution is 8.93. The molecule has 0 amide bonds. The molecule has 0 aliphatic rings. The third-order valence-corrected chi connectivity index (χ3v) is 1.17. The summed E-state index contributed by atoms with van der Waals surface area (Å²) in [6.07, 6.45) is 0.00694. The molecule has 0 spiro atoms. The molecule has 1 atom stereocenters. The molecule has 0 N–H and O–H groups in total. The normalized spacial score (nSPS) is 13.1. The molecule has 0 saturated carbocycles. The van der Waals surface area contributed by atoms with Crippen molar-refractivity contribution in [1.29, 1.82) is 0 Å². The van der Waals surface area contributed by atoms with Gasteiger partial charge >= 0.3 is 5.97 Å². The van der Waals surface area contributed by atoms with Crippen molar-refractivity contribution in [2.75, 3.05) is 27.7 Å². The smallest absolute Gasteiger partial charge is 0.303 e. The molecular weight excluding hydrogens is 222 g/mol. The van der Waals surface area contributed by atoms with Gasteiger partial charge in [0.15, 0.2) is 0 Å². The van der Waals surface area contributed by atoms with Crippen LogP contribution in [0, 0.1) is 0 Å². The maximum absolute atomic E-state index is 10.5. The van der Waals surface area contributed by atoms with E-state index >= 15 is 0 Å². The molecule has 0 heterocycles. The van der Waals surface area contributed by atoms with Gasteiger partial charge in [-0.1, -0.05) is 0 Å². The Morgan fingerprint density at radius 3 is 2.08 bits per heavy atom. The first-order valence-electron chi connectivity index (χ1n) is 3.79. The van der Waals surface area contributed by atoms with Crippen LogP contribution in [0.1, 0.15) is 13.8 Å². The van der Waals surface area contributed by atoms with Crippen LogP contribution in [0.5, 0.6) is 0 Å². The Morgan fingerprint density at radius 2 is 1.83 bits per heavy atom. The van der Waals surface area contributed by atoms with Gasteiger partial charge in [0.05, 0.1) is 21.1 Å². The average molecular weight is 241 g/mol. The highest BCUT2D eigenvalue weighted by atomic mass is 79.9. The number of esters is 1. The van der Waals surface area contributed by atoms with Crippen LogP contribution in [0.2, 0.25) is 0 Å². The first-order valence-corrected chi connectivity index (χ1v) is 3.79. The first-order chi connectivity index (χ1) is 4.81. The van der Waals surface area contributed by atoms with Crippen molar-refractivity contribution in [2.45, 2.75) is 20.0 Å².